The molecule has 1 saturated heterocycles. The summed E-state index contributed by atoms with van der Waals surface area (Å²) in [5, 5.41) is 26.6. The summed E-state index contributed by atoms with van der Waals surface area (Å²) in [6.07, 6.45) is 4.04. The lowest BCUT2D eigenvalue weighted by Crippen LogP contribution is -2.35. The van der Waals surface area contributed by atoms with Crippen molar-refractivity contribution in [3.8, 4) is 5.88 Å². The van der Waals surface area contributed by atoms with Gasteiger partial charge in [-0.2, -0.15) is 0 Å². The first-order valence-electron chi connectivity index (χ1n) is 12.2. The van der Waals surface area contributed by atoms with Crippen LogP contribution in [0, 0.1) is 0 Å². The van der Waals surface area contributed by atoms with Crippen molar-refractivity contribution in [2.75, 3.05) is 37.4 Å². The van der Waals surface area contributed by atoms with Gasteiger partial charge in [0.2, 0.25) is 5.88 Å². The second-order valence-corrected chi connectivity index (χ2v) is 10.3. The van der Waals surface area contributed by atoms with Crippen molar-refractivity contribution < 1.29 is 14.9 Å². The van der Waals surface area contributed by atoms with Crippen molar-refractivity contribution in [3.63, 3.8) is 0 Å². The SMILES string of the molecule is CN1CCC(Oc2cc(Nc3cc4ccn(C[C@H](O)CO)c(=O)c4c(NC(C)(C)C)n3)ncn2)CC1. The highest BCUT2D eigenvalue weighted by atomic mass is 16.5. The maximum absolute atomic E-state index is 13.2. The third kappa shape index (κ3) is 6.48. The molecule has 0 unspecified atom stereocenters. The number of nitrogens with zero attached hydrogens (tertiary/aromatic N) is 5. The maximum Gasteiger partial charge on any atom is 0.262 e. The predicted octanol–water partition coefficient (Wildman–Crippen LogP) is 1.97. The molecule has 3 aromatic heterocycles. The van der Waals surface area contributed by atoms with E-state index in [4.69, 9.17) is 4.74 Å². The highest BCUT2D eigenvalue weighted by Gasteiger charge is 2.20. The van der Waals surface area contributed by atoms with Crippen molar-refractivity contribution in [1.82, 2.24) is 24.4 Å². The molecule has 0 radical (unpaired) electrons. The molecule has 3 aromatic rings. The van der Waals surface area contributed by atoms with Gasteiger partial charge in [-0.05, 0) is 58.2 Å². The molecule has 0 bridgehead atoms. The minimum absolute atomic E-state index is 0.0127. The van der Waals surface area contributed by atoms with Crippen LogP contribution in [0.3, 0.4) is 0 Å². The van der Waals surface area contributed by atoms with E-state index in [0.29, 0.717) is 34.1 Å². The Morgan fingerprint density at radius 1 is 1.19 bits per heavy atom. The van der Waals surface area contributed by atoms with Crippen molar-refractivity contribution in [1.29, 1.82) is 0 Å². The summed E-state index contributed by atoms with van der Waals surface area (Å²) in [7, 11) is 2.11. The van der Waals surface area contributed by atoms with Gasteiger partial charge in [0.25, 0.3) is 5.56 Å². The number of rotatable bonds is 8. The molecule has 4 heterocycles. The number of ether oxygens (including phenoxy) is 1. The first-order valence-corrected chi connectivity index (χ1v) is 12.2. The van der Waals surface area contributed by atoms with Crippen LogP contribution in [0.1, 0.15) is 33.6 Å². The van der Waals surface area contributed by atoms with Crippen LogP contribution >= 0.6 is 0 Å². The summed E-state index contributed by atoms with van der Waals surface area (Å²) >= 11 is 0. The van der Waals surface area contributed by atoms with Gasteiger partial charge in [0.1, 0.15) is 29.9 Å². The molecule has 1 aliphatic heterocycles. The number of nitrogens with one attached hydrogen (secondary N) is 2. The summed E-state index contributed by atoms with van der Waals surface area (Å²) in [6.45, 7) is 7.48. The lowest BCUT2D eigenvalue weighted by molar-refractivity contribution is 0.0805. The Hall–Kier alpha value is -3.28. The Kier molecular flexibility index (Phi) is 7.72. The number of fused-ring (bicyclic) bond motifs is 1. The van der Waals surface area contributed by atoms with E-state index in [1.165, 1.54) is 10.9 Å². The Labute approximate surface area is 210 Å². The average Bonchev–Trinajstić information content (AvgIpc) is 2.81. The molecule has 1 aliphatic rings. The molecule has 0 aliphatic carbocycles. The van der Waals surface area contributed by atoms with E-state index in [-0.39, 0.29) is 23.7 Å². The molecule has 11 nitrogen and oxygen atoms in total. The smallest absolute Gasteiger partial charge is 0.262 e. The normalized spacial score (nSPS) is 16.2. The van der Waals surface area contributed by atoms with E-state index in [0.717, 1.165) is 25.9 Å². The van der Waals surface area contributed by atoms with E-state index in [2.05, 4.69) is 37.5 Å². The fourth-order valence-electron chi connectivity index (χ4n) is 4.12. The van der Waals surface area contributed by atoms with E-state index in [9.17, 15) is 15.0 Å². The predicted molar refractivity (Wildman–Crippen MR) is 139 cm³/mol. The first kappa shape index (κ1) is 25.8. The maximum atomic E-state index is 13.2. The Bertz CT molecular complexity index is 1250. The number of hydrogen-bond acceptors (Lipinski definition) is 10. The van der Waals surface area contributed by atoms with Crippen molar-refractivity contribution in [2.24, 2.45) is 0 Å². The van der Waals surface area contributed by atoms with Crippen LogP contribution in [-0.2, 0) is 6.54 Å². The van der Waals surface area contributed by atoms with Crippen LogP contribution in [0.5, 0.6) is 5.88 Å². The number of anilines is 3. The average molecular weight is 498 g/mol. The van der Waals surface area contributed by atoms with Crippen molar-refractivity contribution in [3.05, 3.63) is 41.1 Å². The van der Waals surface area contributed by atoms with Gasteiger partial charge in [-0.1, -0.05) is 0 Å². The van der Waals surface area contributed by atoms with Crippen LogP contribution < -0.4 is 20.9 Å². The summed E-state index contributed by atoms with van der Waals surface area (Å²) in [4.78, 5) is 28.8. The third-order valence-corrected chi connectivity index (χ3v) is 5.92. The first-order chi connectivity index (χ1) is 17.1. The number of aromatic nitrogens is 4. The summed E-state index contributed by atoms with van der Waals surface area (Å²) in [5.74, 6) is 1.95. The van der Waals surface area contributed by atoms with Crippen LogP contribution in [0.25, 0.3) is 10.8 Å². The number of aliphatic hydroxyl groups excluding tert-OH is 2. The van der Waals surface area contributed by atoms with E-state index in [1.54, 1.807) is 24.4 Å². The zero-order chi connectivity index (χ0) is 25.9. The van der Waals surface area contributed by atoms with E-state index >= 15 is 0 Å². The zero-order valence-corrected chi connectivity index (χ0v) is 21.2. The molecule has 0 spiro atoms. The Morgan fingerprint density at radius 2 is 1.94 bits per heavy atom. The number of hydrogen-bond donors (Lipinski definition) is 4. The van der Waals surface area contributed by atoms with Crippen LogP contribution in [0.15, 0.2) is 35.5 Å². The summed E-state index contributed by atoms with van der Waals surface area (Å²) in [5.41, 5.74) is -0.665. The van der Waals surface area contributed by atoms with Gasteiger partial charge in [-0.3, -0.25) is 4.79 Å². The minimum atomic E-state index is -1.03. The van der Waals surface area contributed by atoms with Gasteiger partial charge in [0.05, 0.1) is 24.6 Å². The summed E-state index contributed by atoms with van der Waals surface area (Å²) < 4.78 is 7.46. The molecule has 4 N–H and O–H groups in total. The fourth-order valence-corrected chi connectivity index (χ4v) is 4.12. The second kappa shape index (κ2) is 10.8. The van der Waals surface area contributed by atoms with Gasteiger partial charge in [0, 0.05) is 30.9 Å². The molecule has 1 atom stereocenters. The summed E-state index contributed by atoms with van der Waals surface area (Å²) in [6, 6.07) is 5.31. The number of piperidine rings is 1. The molecule has 0 aromatic carbocycles. The highest BCUT2D eigenvalue weighted by molar-refractivity contribution is 5.93. The number of aliphatic hydroxyl groups is 2. The molecule has 4 rings (SSSR count). The Morgan fingerprint density at radius 3 is 2.64 bits per heavy atom. The lowest BCUT2D eigenvalue weighted by Gasteiger charge is -2.28. The monoisotopic (exact) mass is 497 g/mol. The largest absolute Gasteiger partial charge is 0.474 e. The van der Waals surface area contributed by atoms with Gasteiger partial charge >= 0.3 is 0 Å². The third-order valence-electron chi connectivity index (χ3n) is 5.92. The number of pyridine rings is 2. The molecule has 194 valence electrons. The van der Waals surface area contributed by atoms with Gasteiger partial charge in [-0.15, -0.1) is 0 Å². The standard InChI is InChI=1S/C25H35N7O4/c1-25(2,3)30-23-22-16(5-10-32(24(22)35)13-17(34)14-33)11-20(29-23)28-19-12-21(27-15-26-19)36-18-6-8-31(4)9-7-18/h5,10-12,15,17-18,33-34H,6-9,13-14H2,1-4H3,(H2,26,27,28,29,30)/t17-/m0/s1. The molecule has 11 heteroatoms. The van der Waals surface area contributed by atoms with Crippen molar-refractivity contribution >= 4 is 28.2 Å². The zero-order valence-electron chi connectivity index (χ0n) is 21.2. The van der Waals surface area contributed by atoms with Gasteiger partial charge in [-0.25, -0.2) is 15.0 Å². The molecule has 0 saturated carbocycles. The molecular weight excluding hydrogens is 462 g/mol. The molecular formula is C25H35N7O4. The quantitative estimate of drug-likeness (QED) is 0.365. The van der Waals surface area contributed by atoms with Crippen LogP contribution in [0.4, 0.5) is 17.5 Å². The molecule has 36 heavy (non-hydrogen) atoms. The van der Waals surface area contributed by atoms with Gasteiger partial charge < -0.3 is 35.1 Å². The molecule has 0 amide bonds. The lowest BCUT2D eigenvalue weighted by atomic mass is 10.1. The number of likely N-dealkylation sites (tertiary alicyclic amines) is 1. The van der Waals surface area contributed by atoms with Crippen molar-refractivity contribution in [2.45, 2.75) is 57.9 Å². The topological polar surface area (TPSA) is 138 Å². The van der Waals surface area contributed by atoms with E-state index < -0.39 is 12.7 Å². The van der Waals surface area contributed by atoms with Crippen LogP contribution in [-0.4, -0.2) is 79.1 Å². The second-order valence-electron chi connectivity index (χ2n) is 10.3. The van der Waals surface area contributed by atoms with Gasteiger partial charge in [0.15, 0.2) is 0 Å². The minimum Gasteiger partial charge on any atom is -0.474 e. The molecule has 1 fully saturated rings. The van der Waals surface area contributed by atoms with E-state index in [1.807, 2.05) is 20.8 Å². The highest BCUT2D eigenvalue weighted by Crippen LogP contribution is 2.27. The fraction of sp³-hybridized carbons (Fsp3) is 0.520. The van der Waals surface area contributed by atoms with Crippen LogP contribution in [0.2, 0.25) is 0 Å². The Balaban J connectivity index is 1.63.